The van der Waals surface area contributed by atoms with E-state index in [1.165, 1.54) is 6.07 Å². The molecule has 0 spiro atoms. The van der Waals surface area contributed by atoms with Crippen LogP contribution >= 0.6 is 0 Å². The van der Waals surface area contributed by atoms with Gasteiger partial charge in [0.15, 0.2) is 0 Å². The zero-order valence-electron chi connectivity index (χ0n) is 9.96. The highest BCUT2D eigenvalue weighted by Gasteiger charge is 2.11. The van der Waals surface area contributed by atoms with E-state index in [0.717, 1.165) is 17.8 Å². The summed E-state index contributed by atoms with van der Waals surface area (Å²) in [6, 6.07) is 4.89. The molecule has 2 rings (SSSR count). The van der Waals surface area contributed by atoms with Gasteiger partial charge >= 0.3 is 0 Å². The summed E-state index contributed by atoms with van der Waals surface area (Å²) in [6.45, 7) is 5.42. The fourth-order valence-corrected chi connectivity index (χ4v) is 1.57. The minimum absolute atomic E-state index is 0.313. The van der Waals surface area contributed by atoms with Gasteiger partial charge in [0, 0.05) is 6.54 Å². The third kappa shape index (κ3) is 2.71. The number of aryl methyl sites for hydroxylation is 1. The van der Waals surface area contributed by atoms with Crippen molar-refractivity contribution in [1.29, 1.82) is 0 Å². The van der Waals surface area contributed by atoms with E-state index in [1.54, 1.807) is 18.4 Å². The van der Waals surface area contributed by atoms with Crippen molar-refractivity contribution in [1.82, 2.24) is 10.3 Å². The number of aromatic nitrogens is 1. The second-order valence-electron chi connectivity index (χ2n) is 3.91. The van der Waals surface area contributed by atoms with Crippen LogP contribution in [0.2, 0.25) is 0 Å². The molecule has 0 bridgehead atoms. The Morgan fingerprint density at radius 1 is 1.41 bits per heavy atom. The summed E-state index contributed by atoms with van der Waals surface area (Å²) in [5, 5.41) is 3.14. The summed E-state index contributed by atoms with van der Waals surface area (Å²) in [7, 11) is 0. The number of nitrogens with one attached hydrogen (secondary N) is 1. The van der Waals surface area contributed by atoms with Gasteiger partial charge in [0.2, 0.25) is 5.89 Å². The van der Waals surface area contributed by atoms with E-state index in [1.807, 2.05) is 13.8 Å². The Hall–Kier alpha value is -1.68. The third-order valence-electron chi connectivity index (χ3n) is 2.46. The van der Waals surface area contributed by atoms with Crippen molar-refractivity contribution in [2.45, 2.75) is 20.4 Å². The van der Waals surface area contributed by atoms with Gasteiger partial charge in [0.05, 0.1) is 11.3 Å². The van der Waals surface area contributed by atoms with Crippen LogP contribution in [-0.4, -0.2) is 11.5 Å². The molecule has 0 aliphatic heterocycles. The summed E-state index contributed by atoms with van der Waals surface area (Å²) in [5.74, 6) is 0.0200. The summed E-state index contributed by atoms with van der Waals surface area (Å²) < 4.78 is 18.9. The van der Waals surface area contributed by atoms with Crippen molar-refractivity contribution in [3.05, 3.63) is 41.5 Å². The lowest BCUT2D eigenvalue weighted by atomic mass is 10.1. The highest BCUT2D eigenvalue weighted by atomic mass is 19.1. The molecule has 0 unspecified atom stereocenters. The van der Waals surface area contributed by atoms with E-state index in [9.17, 15) is 4.39 Å². The van der Waals surface area contributed by atoms with E-state index < -0.39 is 0 Å². The fraction of sp³-hybridized carbons (Fsp3) is 0.308. The molecule has 0 fully saturated rings. The molecule has 2 aromatic rings. The van der Waals surface area contributed by atoms with Crippen LogP contribution in [-0.2, 0) is 6.54 Å². The molecule has 0 amide bonds. The second-order valence-corrected chi connectivity index (χ2v) is 3.91. The lowest BCUT2D eigenvalue weighted by Crippen LogP contribution is -2.11. The summed E-state index contributed by atoms with van der Waals surface area (Å²) in [5.41, 5.74) is 2.17. The van der Waals surface area contributed by atoms with E-state index >= 15 is 0 Å². The summed E-state index contributed by atoms with van der Waals surface area (Å²) in [6.07, 6.45) is 1.56. The predicted octanol–water partition coefficient (Wildman–Crippen LogP) is 2.90. The monoisotopic (exact) mass is 234 g/mol. The molecule has 1 heterocycles. The maximum absolute atomic E-state index is 13.6. The Kier molecular flexibility index (Phi) is 3.54. The first-order valence-corrected chi connectivity index (χ1v) is 5.62. The standard InChI is InChI=1S/C13H15FN2O/c1-3-15-7-10-8-17-13(16-10)11-6-9(2)4-5-12(11)14/h4-6,8,15H,3,7H2,1-2H3. The van der Waals surface area contributed by atoms with Gasteiger partial charge in [-0.05, 0) is 25.6 Å². The van der Waals surface area contributed by atoms with Crippen molar-refractivity contribution < 1.29 is 8.81 Å². The number of oxazole rings is 1. The normalized spacial score (nSPS) is 10.8. The minimum atomic E-state index is -0.313. The Morgan fingerprint density at radius 3 is 3.00 bits per heavy atom. The van der Waals surface area contributed by atoms with Gasteiger partial charge in [-0.1, -0.05) is 18.6 Å². The predicted molar refractivity (Wildman–Crippen MR) is 64.0 cm³/mol. The fourth-order valence-electron chi connectivity index (χ4n) is 1.57. The molecule has 0 atom stereocenters. The molecule has 0 saturated heterocycles. The van der Waals surface area contributed by atoms with Crippen LogP contribution in [0.4, 0.5) is 4.39 Å². The van der Waals surface area contributed by atoms with E-state index in [4.69, 9.17) is 4.42 Å². The van der Waals surface area contributed by atoms with Crippen LogP contribution in [0.1, 0.15) is 18.2 Å². The van der Waals surface area contributed by atoms with Gasteiger partial charge in [0.25, 0.3) is 0 Å². The molecule has 0 saturated carbocycles. The second kappa shape index (κ2) is 5.10. The van der Waals surface area contributed by atoms with Crippen LogP contribution in [0, 0.1) is 12.7 Å². The molecule has 0 aliphatic carbocycles. The smallest absolute Gasteiger partial charge is 0.229 e. The topological polar surface area (TPSA) is 38.1 Å². The highest BCUT2D eigenvalue weighted by molar-refractivity contribution is 5.55. The highest BCUT2D eigenvalue weighted by Crippen LogP contribution is 2.23. The van der Waals surface area contributed by atoms with Crippen molar-refractivity contribution in [2.75, 3.05) is 6.54 Å². The number of hydrogen-bond acceptors (Lipinski definition) is 3. The third-order valence-corrected chi connectivity index (χ3v) is 2.46. The number of halogens is 1. The zero-order chi connectivity index (χ0) is 12.3. The Balaban J connectivity index is 2.27. The van der Waals surface area contributed by atoms with Crippen molar-refractivity contribution >= 4 is 0 Å². The quantitative estimate of drug-likeness (QED) is 0.884. The maximum Gasteiger partial charge on any atom is 0.229 e. The first kappa shape index (κ1) is 11.8. The lowest BCUT2D eigenvalue weighted by molar-refractivity contribution is 0.559. The van der Waals surface area contributed by atoms with Gasteiger partial charge in [-0.3, -0.25) is 0 Å². The van der Waals surface area contributed by atoms with Gasteiger partial charge in [-0.15, -0.1) is 0 Å². The molecule has 0 aliphatic rings. The lowest BCUT2D eigenvalue weighted by Gasteiger charge is -1.99. The molecular formula is C13H15FN2O. The summed E-state index contributed by atoms with van der Waals surface area (Å²) in [4.78, 5) is 4.25. The molecule has 3 nitrogen and oxygen atoms in total. The SMILES string of the molecule is CCNCc1coc(-c2cc(C)ccc2F)n1. The molecule has 1 aromatic carbocycles. The summed E-state index contributed by atoms with van der Waals surface area (Å²) >= 11 is 0. The number of nitrogens with zero attached hydrogens (tertiary/aromatic N) is 1. The molecule has 1 N–H and O–H groups in total. The first-order chi connectivity index (χ1) is 8.20. The number of rotatable bonds is 4. The van der Waals surface area contributed by atoms with Gasteiger partial charge in [0.1, 0.15) is 12.1 Å². The minimum Gasteiger partial charge on any atom is -0.444 e. The van der Waals surface area contributed by atoms with Crippen LogP contribution in [0.3, 0.4) is 0 Å². The first-order valence-electron chi connectivity index (χ1n) is 5.62. The van der Waals surface area contributed by atoms with Crippen LogP contribution < -0.4 is 5.32 Å². The Morgan fingerprint density at radius 2 is 2.24 bits per heavy atom. The number of hydrogen-bond donors (Lipinski definition) is 1. The molecular weight excluding hydrogens is 219 g/mol. The van der Waals surface area contributed by atoms with Crippen LogP contribution in [0.5, 0.6) is 0 Å². The molecule has 1 aromatic heterocycles. The molecule has 90 valence electrons. The van der Waals surface area contributed by atoms with Gasteiger partial charge < -0.3 is 9.73 Å². The van der Waals surface area contributed by atoms with Gasteiger partial charge in [-0.2, -0.15) is 0 Å². The van der Waals surface area contributed by atoms with Crippen molar-refractivity contribution in [2.24, 2.45) is 0 Å². The van der Waals surface area contributed by atoms with E-state index in [-0.39, 0.29) is 5.82 Å². The van der Waals surface area contributed by atoms with Crippen LogP contribution in [0.15, 0.2) is 28.9 Å². The number of benzene rings is 1. The average Bonchev–Trinajstić information content (AvgIpc) is 2.78. The van der Waals surface area contributed by atoms with E-state index in [0.29, 0.717) is 18.0 Å². The zero-order valence-corrected chi connectivity index (χ0v) is 9.96. The Labute approximate surface area is 99.7 Å². The molecule has 4 heteroatoms. The van der Waals surface area contributed by atoms with Crippen molar-refractivity contribution in [3.63, 3.8) is 0 Å². The maximum atomic E-state index is 13.6. The largest absolute Gasteiger partial charge is 0.444 e. The molecule has 0 radical (unpaired) electrons. The average molecular weight is 234 g/mol. The van der Waals surface area contributed by atoms with Crippen molar-refractivity contribution in [3.8, 4) is 11.5 Å². The molecule has 17 heavy (non-hydrogen) atoms. The Bertz CT molecular complexity index is 508. The van der Waals surface area contributed by atoms with Gasteiger partial charge in [-0.25, -0.2) is 9.37 Å². The van der Waals surface area contributed by atoms with E-state index in [2.05, 4.69) is 10.3 Å². The van der Waals surface area contributed by atoms with Crippen LogP contribution in [0.25, 0.3) is 11.5 Å².